The number of aromatic nitrogens is 3. The number of H-pyrrole nitrogens is 1. The Balaban J connectivity index is 2.24. The van der Waals surface area contributed by atoms with Gasteiger partial charge in [-0.3, -0.25) is 0 Å². The Bertz CT molecular complexity index is 757. The van der Waals surface area contributed by atoms with Crippen LogP contribution in [0.2, 0.25) is 0 Å². The van der Waals surface area contributed by atoms with Crippen LogP contribution >= 0.6 is 0 Å². The van der Waals surface area contributed by atoms with E-state index in [9.17, 15) is 5.11 Å². The summed E-state index contributed by atoms with van der Waals surface area (Å²) in [5.41, 5.74) is 8.90. The molecule has 0 aliphatic carbocycles. The van der Waals surface area contributed by atoms with Crippen molar-refractivity contribution in [3.8, 4) is 17.1 Å². The molecule has 0 bridgehead atoms. The van der Waals surface area contributed by atoms with E-state index in [0.717, 1.165) is 22.2 Å². The predicted octanol–water partition coefficient (Wildman–Crippen LogP) is 2.00. The van der Waals surface area contributed by atoms with Crippen molar-refractivity contribution in [2.24, 2.45) is 5.73 Å². The summed E-state index contributed by atoms with van der Waals surface area (Å²) in [6.45, 7) is 4.10. The number of phenolic OH excluding ortho intramolecular Hbond substituents is 1. The zero-order valence-corrected chi connectivity index (χ0v) is 10.7. The van der Waals surface area contributed by atoms with Gasteiger partial charge in [0.2, 0.25) is 11.7 Å². The van der Waals surface area contributed by atoms with Crippen LogP contribution in [0.5, 0.6) is 5.75 Å². The number of phenols is 1. The van der Waals surface area contributed by atoms with Gasteiger partial charge in [0.25, 0.3) is 0 Å². The van der Waals surface area contributed by atoms with Gasteiger partial charge >= 0.3 is 0 Å². The first-order valence-electron chi connectivity index (χ1n) is 5.95. The third kappa shape index (κ3) is 1.68. The third-order valence-corrected chi connectivity index (χ3v) is 3.32. The average molecular weight is 258 g/mol. The van der Waals surface area contributed by atoms with E-state index in [0.29, 0.717) is 17.3 Å². The molecule has 0 radical (unpaired) electrons. The van der Waals surface area contributed by atoms with Gasteiger partial charge in [-0.1, -0.05) is 5.16 Å². The molecule has 0 aliphatic rings. The maximum absolute atomic E-state index is 10.4. The lowest BCUT2D eigenvalue weighted by Crippen LogP contribution is -1.95. The second-order valence-corrected chi connectivity index (χ2v) is 4.48. The van der Waals surface area contributed by atoms with Crippen LogP contribution in [0.1, 0.15) is 17.1 Å². The van der Waals surface area contributed by atoms with E-state index in [4.69, 9.17) is 10.3 Å². The van der Waals surface area contributed by atoms with Crippen LogP contribution in [0.4, 0.5) is 0 Å². The highest BCUT2D eigenvalue weighted by atomic mass is 16.5. The highest BCUT2D eigenvalue weighted by Crippen LogP contribution is 2.37. The number of nitrogens with zero attached hydrogens (tertiary/aromatic N) is 2. The number of benzene rings is 1. The molecule has 0 aliphatic heterocycles. The normalized spacial score (nSPS) is 11.3. The predicted molar refractivity (Wildman–Crippen MR) is 70.6 cm³/mol. The molecule has 3 rings (SSSR count). The van der Waals surface area contributed by atoms with Gasteiger partial charge in [-0.25, -0.2) is 0 Å². The number of aromatic hydroxyl groups is 1. The maximum atomic E-state index is 10.4. The summed E-state index contributed by atoms with van der Waals surface area (Å²) >= 11 is 0. The summed E-state index contributed by atoms with van der Waals surface area (Å²) in [6, 6.07) is 3.65. The van der Waals surface area contributed by atoms with Crippen molar-refractivity contribution >= 4 is 10.9 Å². The lowest BCUT2D eigenvalue weighted by molar-refractivity contribution is 0.380. The zero-order chi connectivity index (χ0) is 13.6. The molecule has 6 heteroatoms. The van der Waals surface area contributed by atoms with Crippen LogP contribution in [0.25, 0.3) is 22.3 Å². The fourth-order valence-electron chi connectivity index (χ4n) is 2.19. The van der Waals surface area contributed by atoms with Gasteiger partial charge in [-0.15, -0.1) is 0 Å². The molecule has 19 heavy (non-hydrogen) atoms. The van der Waals surface area contributed by atoms with Crippen molar-refractivity contribution in [3.63, 3.8) is 0 Å². The SMILES string of the molecule is Cc1[nH]c2ccc(-c3noc(CN)n3)c(O)c2c1C. The number of rotatable bonds is 2. The Morgan fingerprint density at radius 1 is 1.37 bits per heavy atom. The van der Waals surface area contributed by atoms with Crippen molar-refractivity contribution in [3.05, 3.63) is 29.3 Å². The fraction of sp³-hybridized carbons (Fsp3) is 0.231. The summed E-state index contributed by atoms with van der Waals surface area (Å²) in [4.78, 5) is 7.35. The first-order valence-corrected chi connectivity index (χ1v) is 5.95. The average Bonchev–Trinajstić information content (AvgIpc) is 2.96. The molecule has 4 N–H and O–H groups in total. The Labute approximate surface area is 109 Å². The molecular formula is C13H14N4O2. The molecule has 0 saturated carbocycles. The van der Waals surface area contributed by atoms with Gasteiger partial charge in [-0.2, -0.15) is 4.98 Å². The largest absolute Gasteiger partial charge is 0.506 e. The number of aryl methyl sites for hydroxylation is 2. The Hall–Kier alpha value is -2.34. The Morgan fingerprint density at radius 2 is 2.16 bits per heavy atom. The minimum Gasteiger partial charge on any atom is -0.506 e. The monoisotopic (exact) mass is 258 g/mol. The summed E-state index contributed by atoms with van der Waals surface area (Å²) in [6.07, 6.45) is 0. The van der Waals surface area contributed by atoms with E-state index in [1.807, 2.05) is 19.9 Å². The number of aromatic amines is 1. The van der Waals surface area contributed by atoms with E-state index in [-0.39, 0.29) is 12.3 Å². The highest BCUT2D eigenvalue weighted by molar-refractivity contribution is 5.95. The fourth-order valence-corrected chi connectivity index (χ4v) is 2.19. The van der Waals surface area contributed by atoms with Gasteiger partial charge in [0.15, 0.2) is 0 Å². The summed E-state index contributed by atoms with van der Waals surface area (Å²) in [5, 5.41) is 15.0. The number of fused-ring (bicyclic) bond motifs is 1. The van der Waals surface area contributed by atoms with Crippen molar-refractivity contribution in [1.82, 2.24) is 15.1 Å². The van der Waals surface area contributed by atoms with E-state index in [1.54, 1.807) is 6.07 Å². The molecule has 2 heterocycles. The first-order chi connectivity index (χ1) is 9.11. The van der Waals surface area contributed by atoms with Crippen LogP contribution in [-0.2, 0) is 6.54 Å². The molecule has 0 unspecified atom stereocenters. The first kappa shape index (κ1) is 11.7. The second kappa shape index (κ2) is 4.10. The molecule has 0 fully saturated rings. The molecule has 2 aromatic heterocycles. The molecule has 0 amide bonds. The van der Waals surface area contributed by atoms with Crippen LogP contribution in [0, 0.1) is 13.8 Å². The molecule has 0 spiro atoms. The molecular weight excluding hydrogens is 244 g/mol. The Kier molecular flexibility index (Phi) is 2.53. The molecule has 1 aromatic carbocycles. The minimum atomic E-state index is 0.156. The molecule has 3 aromatic rings. The summed E-state index contributed by atoms with van der Waals surface area (Å²) < 4.78 is 4.97. The van der Waals surface area contributed by atoms with Gasteiger partial charge in [0.05, 0.1) is 12.1 Å². The van der Waals surface area contributed by atoms with Crippen LogP contribution in [-0.4, -0.2) is 20.2 Å². The van der Waals surface area contributed by atoms with E-state index >= 15 is 0 Å². The lowest BCUT2D eigenvalue weighted by atomic mass is 10.1. The maximum Gasteiger partial charge on any atom is 0.240 e. The van der Waals surface area contributed by atoms with E-state index in [1.165, 1.54) is 0 Å². The van der Waals surface area contributed by atoms with Crippen LogP contribution < -0.4 is 5.73 Å². The van der Waals surface area contributed by atoms with Crippen LogP contribution in [0.3, 0.4) is 0 Å². The van der Waals surface area contributed by atoms with E-state index < -0.39 is 0 Å². The standard InChI is InChI=1S/C13H14N4O2/c1-6-7(2)15-9-4-3-8(12(18)11(6)9)13-16-10(5-14)19-17-13/h3-4,15,18H,5,14H2,1-2H3. The van der Waals surface area contributed by atoms with Gasteiger partial charge < -0.3 is 20.3 Å². The van der Waals surface area contributed by atoms with Crippen LogP contribution in [0.15, 0.2) is 16.7 Å². The second-order valence-electron chi connectivity index (χ2n) is 4.48. The number of nitrogens with two attached hydrogens (primary N) is 1. The molecule has 6 nitrogen and oxygen atoms in total. The topological polar surface area (TPSA) is 101 Å². The third-order valence-electron chi connectivity index (χ3n) is 3.32. The van der Waals surface area contributed by atoms with Crippen molar-refractivity contribution in [2.45, 2.75) is 20.4 Å². The van der Waals surface area contributed by atoms with E-state index in [2.05, 4.69) is 15.1 Å². The number of hydrogen-bond acceptors (Lipinski definition) is 5. The minimum absolute atomic E-state index is 0.156. The smallest absolute Gasteiger partial charge is 0.240 e. The number of nitrogens with one attached hydrogen (secondary N) is 1. The van der Waals surface area contributed by atoms with Crippen molar-refractivity contribution < 1.29 is 9.63 Å². The summed E-state index contributed by atoms with van der Waals surface area (Å²) in [5.74, 6) is 0.846. The van der Waals surface area contributed by atoms with Crippen molar-refractivity contribution in [2.75, 3.05) is 0 Å². The highest BCUT2D eigenvalue weighted by Gasteiger charge is 2.17. The number of hydrogen-bond donors (Lipinski definition) is 3. The Morgan fingerprint density at radius 3 is 2.84 bits per heavy atom. The molecule has 0 atom stereocenters. The van der Waals surface area contributed by atoms with Gasteiger partial charge in [-0.05, 0) is 31.5 Å². The molecule has 98 valence electrons. The lowest BCUT2D eigenvalue weighted by Gasteiger charge is -2.02. The summed E-state index contributed by atoms with van der Waals surface area (Å²) in [7, 11) is 0. The quantitative estimate of drug-likeness (QED) is 0.652. The molecule has 0 saturated heterocycles. The zero-order valence-electron chi connectivity index (χ0n) is 10.7. The van der Waals surface area contributed by atoms with Gasteiger partial charge in [0.1, 0.15) is 5.75 Å². The van der Waals surface area contributed by atoms with Crippen molar-refractivity contribution in [1.29, 1.82) is 0 Å². The van der Waals surface area contributed by atoms with Gasteiger partial charge in [0, 0.05) is 16.6 Å².